The molecule has 1 aliphatic rings. The van der Waals surface area contributed by atoms with Crippen molar-refractivity contribution in [3.8, 4) is 5.75 Å². The molecule has 0 aromatic heterocycles. The summed E-state index contributed by atoms with van der Waals surface area (Å²) < 4.78 is 34.1. The molecule has 0 spiro atoms. The van der Waals surface area contributed by atoms with Crippen LogP contribution in [-0.4, -0.2) is 27.0 Å². The highest BCUT2D eigenvalue weighted by atomic mass is 35.5. The van der Waals surface area contributed by atoms with Crippen molar-refractivity contribution >= 4 is 33.2 Å². The Morgan fingerprint density at radius 1 is 1.06 bits per heavy atom. The molecule has 8 heteroatoms. The predicted octanol–water partition coefficient (Wildman–Crippen LogP) is 4.23. The Balaban J connectivity index is 1.63. The third-order valence-corrected chi connectivity index (χ3v) is 7.46. The van der Waals surface area contributed by atoms with Gasteiger partial charge in [0, 0.05) is 11.6 Å². The molecule has 1 amide bonds. The summed E-state index contributed by atoms with van der Waals surface area (Å²) in [6, 6.07) is 19.1. The number of nitrogens with zero attached hydrogens (tertiary/aromatic N) is 1. The molecule has 0 fully saturated rings. The number of fused-ring (bicyclic) bond motifs is 1. The zero-order valence-electron chi connectivity index (χ0n) is 17.7. The predicted molar refractivity (Wildman–Crippen MR) is 125 cm³/mol. The first-order valence-electron chi connectivity index (χ1n) is 10.1. The van der Waals surface area contributed by atoms with E-state index in [9.17, 15) is 13.2 Å². The summed E-state index contributed by atoms with van der Waals surface area (Å²) >= 11 is 6.17. The van der Waals surface area contributed by atoms with Crippen molar-refractivity contribution in [3.63, 3.8) is 0 Å². The van der Waals surface area contributed by atoms with E-state index in [2.05, 4.69) is 5.32 Å². The lowest BCUT2D eigenvalue weighted by Crippen LogP contribution is -2.50. The van der Waals surface area contributed by atoms with Crippen molar-refractivity contribution in [2.75, 3.05) is 10.8 Å². The maximum Gasteiger partial charge on any atom is 0.264 e. The Labute approximate surface area is 192 Å². The van der Waals surface area contributed by atoms with Crippen LogP contribution in [0.15, 0.2) is 71.6 Å². The number of halogens is 1. The van der Waals surface area contributed by atoms with E-state index in [1.807, 2.05) is 38.1 Å². The van der Waals surface area contributed by atoms with E-state index < -0.39 is 22.0 Å². The van der Waals surface area contributed by atoms with Gasteiger partial charge in [-0.3, -0.25) is 9.10 Å². The fraction of sp³-hybridized carbons (Fsp3) is 0.208. The Hall–Kier alpha value is -3.03. The highest BCUT2D eigenvalue weighted by molar-refractivity contribution is 7.92. The molecule has 1 atom stereocenters. The topological polar surface area (TPSA) is 75.7 Å². The van der Waals surface area contributed by atoms with E-state index in [0.29, 0.717) is 16.5 Å². The monoisotopic (exact) mass is 470 g/mol. The molecule has 1 unspecified atom stereocenters. The van der Waals surface area contributed by atoms with Gasteiger partial charge in [-0.1, -0.05) is 53.6 Å². The van der Waals surface area contributed by atoms with Crippen molar-refractivity contribution in [2.45, 2.75) is 31.4 Å². The fourth-order valence-corrected chi connectivity index (χ4v) is 5.18. The van der Waals surface area contributed by atoms with Crippen LogP contribution >= 0.6 is 11.6 Å². The Morgan fingerprint density at radius 3 is 2.47 bits per heavy atom. The summed E-state index contributed by atoms with van der Waals surface area (Å²) in [6.45, 7) is 3.84. The van der Waals surface area contributed by atoms with Crippen LogP contribution in [0.1, 0.15) is 16.7 Å². The average molecular weight is 471 g/mol. The number of rotatable bonds is 5. The highest BCUT2D eigenvalue weighted by Gasteiger charge is 2.37. The van der Waals surface area contributed by atoms with Crippen molar-refractivity contribution in [1.82, 2.24) is 5.32 Å². The third-order valence-electron chi connectivity index (χ3n) is 5.30. The smallest absolute Gasteiger partial charge is 0.264 e. The van der Waals surface area contributed by atoms with E-state index >= 15 is 0 Å². The van der Waals surface area contributed by atoms with Gasteiger partial charge >= 0.3 is 0 Å². The van der Waals surface area contributed by atoms with Crippen molar-refractivity contribution in [2.24, 2.45) is 0 Å². The minimum absolute atomic E-state index is 0.138. The second-order valence-corrected chi connectivity index (χ2v) is 10.0. The van der Waals surface area contributed by atoms with E-state index in [1.165, 1.54) is 4.31 Å². The summed E-state index contributed by atoms with van der Waals surface area (Å²) in [6.07, 6.45) is -1.01. The van der Waals surface area contributed by atoms with Crippen LogP contribution in [0, 0.1) is 13.8 Å². The number of ether oxygens (including phenoxy) is 1. The summed E-state index contributed by atoms with van der Waals surface area (Å²) in [4.78, 5) is 13.1. The van der Waals surface area contributed by atoms with Gasteiger partial charge in [-0.25, -0.2) is 8.42 Å². The number of amides is 1. The van der Waals surface area contributed by atoms with E-state index in [4.69, 9.17) is 16.3 Å². The molecule has 1 heterocycles. The number of carbonyl (C=O) groups excluding carboxylic acids is 1. The number of aryl methyl sites for hydroxylation is 2. The lowest BCUT2D eigenvalue weighted by atomic mass is 10.1. The Kier molecular flexibility index (Phi) is 6.13. The molecule has 4 rings (SSSR count). The number of anilines is 1. The molecule has 0 radical (unpaired) electrons. The van der Waals surface area contributed by atoms with Crippen LogP contribution in [-0.2, 0) is 21.4 Å². The molecule has 3 aromatic carbocycles. The van der Waals surface area contributed by atoms with E-state index in [-0.39, 0.29) is 18.0 Å². The maximum absolute atomic E-state index is 13.5. The maximum atomic E-state index is 13.5. The van der Waals surface area contributed by atoms with Crippen LogP contribution in [0.2, 0.25) is 5.02 Å². The molecule has 0 saturated heterocycles. The molecule has 0 bridgehead atoms. The largest absolute Gasteiger partial charge is 0.476 e. The molecule has 166 valence electrons. The minimum Gasteiger partial charge on any atom is -0.476 e. The van der Waals surface area contributed by atoms with Gasteiger partial charge in [0.05, 0.1) is 17.1 Å². The minimum atomic E-state index is -3.89. The summed E-state index contributed by atoms with van der Waals surface area (Å²) in [7, 11) is -3.89. The molecule has 6 nitrogen and oxygen atoms in total. The lowest BCUT2D eigenvalue weighted by molar-refractivity contribution is -0.127. The van der Waals surface area contributed by atoms with Gasteiger partial charge in [-0.05, 0) is 55.3 Å². The number of sulfonamides is 1. The van der Waals surface area contributed by atoms with Crippen LogP contribution in [0.3, 0.4) is 0 Å². The molecule has 1 aliphatic heterocycles. The molecule has 0 saturated carbocycles. The normalized spacial score (nSPS) is 15.6. The zero-order valence-corrected chi connectivity index (χ0v) is 19.3. The van der Waals surface area contributed by atoms with Gasteiger partial charge in [-0.15, -0.1) is 0 Å². The van der Waals surface area contributed by atoms with Crippen LogP contribution in [0.4, 0.5) is 5.69 Å². The number of hydrogen-bond donors (Lipinski definition) is 1. The van der Waals surface area contributed by atoms with E-state index in [1.54, 1.807) is 42.5 Å². The second kappa shape index (κ2) is 8.84. The van der Waals surface area contributed by atoms with E-state index in [0.717, 1.165) is 16.7 Å². The lowest BCUT2D eigenvalue weighted by Gasteiger charge is -2.35. The van der Waals surface area contributed by atoms with Gasteiger partial charge in [-0.2, -0.15) is 0 Å². The van der Waals surface area contributed by atoms with Gasteiger partial charge in [0.2, 0.25) is 0 Å². The summed E-state index contributed by atoms with van der Waals surface area (Å²) in [5, 5.41) is 3.35. The SMILES string of the molecule is Cc1ccc(S(=O)(=O)N2CC(C(=O)NCc3ccccc3Cl)Oc3cc(C)ccc32)cc1. The first-order valence-corrected chi connectivity index (χ1v) is 12.0. The number of nitrogens with one attached hydrogen (secondary N) is 1. The van der Waals surface area contributed by atoms with Crippen molar-refractivity contribution in [3.05, 3.63) is 88.4 Å². The van der Waals surface area contributed by atoms with Gasteiger partial charge in [0.1, 0.15) is 5.75 Å². The first kappa shape index (κ1) is 22.2. The van der Waals surface area contributed by atoms with Crippen molar-refractivity contribution in [1.29, 1.82) is 0 Å². The average Bonchev–Trinajstić information content (AvgIpc) is 2.77. The third kappa shape index (κ3) is 4.45. The number of carbonyl (C=O) groups is 1. The molecule has 0 aliphatic carbocycles. The molecular formula is C24H23ClN2O4S. The number of hydrogen-bond acceptors (Lipinski definition) is 4. The molecule has 32 heavy (non-hydrogen) atoms. The molecular weight excluding hydrogens is 448 g/mol. The quantitative estimate of drug-likeness (QED) is 0.605. The summed E-state index contributed by atoms with van der Waals surface area (Å²) in [5.74, 6) is -0.0639. The van der Waals surface area contributed by atoms with Gasteiger partial charge in [0.25, 0.3) is 15.9 Å². The summed E-state index contributed by atoms with van der Waals surface area (Å²) in [5.41, 5.74) is 3.03. The second-order valence-electron chi connectivity index (χ2n) is 7.74. The highest BCUT2D eigenvalue weighted by Crippen LogP contribution is 2.37. The van der Waals surface area contributed by atoms with Crippen LogP contribution in [0.5, 0.6) is 5.75 Å². The van der Waals surface area contributed by atoms with Crippen LogP contribution < -0.4 is 14.4 Å². The molecule has 1 N–H and O–H groups in total. The van der Waals surface area contributed by atoms with Gasteiger partial charge in [0.15, 0.2) is 6.10 Å². The fourth-order valence-electron chi connectivity index (χ4n) is 3.50. The van der Waals surface area contributed by atoms with Crippen LogP contribution in [0.25, 0.3) is 0 Å². The first-order chi connectivity index (χ1) is 15.3. The Bertz CT molecular complexity index is 1260. The van der Waals surface area contributed by atoms with Crippen molar-refractivity contribution < 1.29 is 17.9 Å². The Morgan fingerprint density at radius 2 is 1.75 bits per heavy atom. The van der Waals surface area contributed by atoms with Gasteiger partial charge < -0.3 is 10.1 Å². The number of benzene rings is 3. The zero-order chi connectivity index (χ0) is 22.9. The molecule has 3 aromatic rings. The standard InChI is InChI=1S/C24H23ClN2O4S/c1-16-7-10-19(11-8-16)32(29,30)27-15-23(31-22-13-17(2)9-12-21(22)27)24(28)26-14-18-5-3-4-6-20(18)25/h3-13,23H,14-15H2,1-2H3,(H,26,28).